The van der Waals surface area contributed by atoms with E-state index >= 15 is 0 Å². The number of hydrogen-bond acceptors (Lipinski definition) is 4. The summed E-state index contributed by atoms with van der Waals surface area (Å²) in [7, 11) is 4.12. The predicted molar refractivity (Wildman–Crippen MR) is 72.7 cm³/mol. The van der Waals surface area contributed by atoms with Crippen molar-refractivity contribution in [3.63, 3.8) is 0 Å². The van der Waals surface area contributed by atoms with Crippen LogP contribution in [0.5, 0.6) is 0 Å². The fraction of sp³-hybridized carbons (Fsp3) is 0.769. The summed E-state index contributed by atoms with van der Waals surface area (Å²) in [5.74, 6) is 0.185. The van der Waals surface area contributed by atoms with Crippen molar-refractivity contribution in [2.45, 2.75) is 44.6 Å². The van der Waals surface area contributed by atoms with Gasteiger partial charge in [0.1, 0.15) is 0 Å². The molecule has 6 heteroatoms. The third-order valence-electron chi connectivity index (χ3n) is 3.66. The zero-order valence-corrected chi connectivity index (χ0v) is 11.8. The van der Waals surface area contributed by atoms with Gasteiger partial charge >= 0.3 is 0 Å². The van der Waals surface area contributed by atoms with Gasteiger partial charge in [-0.05, 0) is 39.9 Å². The summed E-state index contributed by atoms with van der Waals surface area (Å²) in [6, 6.07) is 0. The Bertz CT molecular complexity index is 436. The van der Waals surface area contributed by atoms with Crippen LogP contribution in [-0.4, -0.2) is 46.4 Å². The molecule has 0 atom stereocenters. The number of carbonyl (C=O) groups excluding carboxylic acids is 1. The lowest BCUT2D eigenvalue weighted by molar-refractivity contribution is -0.117. The largest absolute Gasteiger partial charge is 0.369 e. The minimum atomic E-state index is -0.332. The molecule has 1 fully saturated rings. The second-order valence-corrected chi connectivity index (χ2v) is 5.57. The molecule has 0 bridgehead atoms. The van der Waals surface area contributed by atoms with E-state index in [1.54, 1.807) is 0 Å². The van der Waals surface area contributed by atoms with Crippen molar-refractivity contribution in [2.24, 2.45) is 5.73 Å². The fourth-order valence-electron chi connectivity index (χ4n) is 2.48. The molecule has 1 aromatic rings. The van der Waals surface area contributed by atoms with Gasteiger partial charge < -0.3 is 10.6 Å². The first kappa shape index (κ1) is 14.0. The van der Waals surface area contributed by atoms with Crippen molar-refractivity contribution in [3.05, 3.63) is 11.4 Å². The van der Waals surface area contributed by atoms with Crippen LogP contribution in [0.1, 0.15) is 43.0 Å². The minimum absolute atomic E-state index is 0.208. The maximum Gasteiger partial charge on any atom is 0.223 e. The number of aromatic nitrogens is 3. The van der Waals surface area contributed by atoms with Crippen LogP contribution in [0.25, 0.3) is 0 Å². The summed E-state index contributed by atoms with van der Waals surface area (Å²) in [4.78, 5) is 13.3. The number of nitrogens with zero attached hydrogens (tertiary/aromatic N) is 4. The summed E-state index contributed by atoms with van der Waals surface area (Å²) in [6.07, 6.45) is 4.84. The molecule has 1 saturated carbocycles. The standard InChI is InChI=1S/C13H23N5O/c1-17(2)7-4-8-18-13(10-5-3-6-10)11(15-16-18)9-12(14)19/h10H,3-9H2,1-2H3,(H2,14,19). The van der Waals surface area contributed by atoms with E-state index in [2.05, 4.69) is 29.3 Å². The van der Waals surface area contributed by atoms with Crippen LogP contribution in [0.3, 0.4) is 0 Å². The molecule has 0 aromatic carbocycles. The molecular weight excluding hydrogens is 242 g/mol. The van der Waals surface area contributed by atoms with E-state index in [1.165, 1.54) is 19.3 Å². The molecule has 0 saturated heterocycles. The molecule has 1 heterocycles. The Labute approximate surface area is 113 Å². The van der Waals surface area contributed by atoms with Crippen molar-refractivity contribution in [3.8, 4) is 0 Å². The van der Waals surface area contributed by atoms with E-state index in [0.29, 0.717) is 5.92 Å². The van der Waals surface area contributed by atoms with Gasteiger partial charge in [0, 0.05) is 12.5 Å². The number of nitrogens with two attached hydrogens (primary N) is 1. The third-order valence-corrected chi connectivity index (χ3v) is 3.66. The Morgan fingerprint density at radius 3 is 2.74 bits per heavy atom. The van der Waals surface area contributed by atoms with Gasteiger partial charge in [0.15, 0.2) is 0 Å². The molecule has 1 amide bonds. The molecule has 0 aliphatic heterocycles. The van der Waals surface area contributed by atoms with Crippen LogP contribution in [0.4, 0.5) is 0 Å². The summed E-state index contributed by atoms with van der Waals surface area (Å²) < 4.78 is 1.98. The summed E-state index contributed by atoms with van der Waals surface area (Å²) in [5, 5.41) is 8.36. The molecule has 0 unspecified atom stereocenters. The highest BCUT2D eigenvalue weighted by molar-refractivity contribution is 5.76. The Morgan fingerprint density at radius 1 is 1.47 bits per heavy atom. The molecule has 19 heavy (non-hydrogen) atoms. The average molecular weight is 265 g/mol. The zero-order valence-electron chi connectivity index (χ0n) is 11.8. The van der Waals surface area contributed by atoms with Gasteiger partial charge in [-0.15, -0.1) is 5.10 Å². The molecule has 106 valence electrons. The lowest BCUT2D eigenvalue weighted by atomic mass is 9.81. The molecule has 6 nitrogen and oxygen atoms in total. The maximum absolute atomic E-state index is 11.1. The van der Waals surface area contributed by atoms with E-state index in [0.717, 1.165) is 30.9 Å². The van der Waals surface area contributed by atoms with Crippen LogP contribution in [0.2, 0.25) is 0 Å². The average Bonchev–Trinajstić information content (AvgIpc) is 2.59. The zero-order chi connectivity index (χ0) is 13.8. The number of rotatable bonds is 7. The number of carbonyl (C=O) groups is 1. The molecular formula is C13H23N5O. The van der Waals surface area contributed by atoms with E-state index in [-0.39, 0.29) is 12.3 Å². The normalized spacial score (nSPS) is 15.7. The lowest BCUT2D eigenvalue weighted by Gasteiger charge is -2.26. The molecule has 1 aliphatic carbocycles. The van der Waals surface area contributed by atoms with Crippen molar-refractivity contribution >= 4 is 5.91 Å². The second-order valence-electron chi connectivity index (χ2n) is 5.57. The first-order valence-electron chi connectivity index (χ1n) is 6.93. The number of amides is 1. The lowest BCUT2D eigenvalue weighted by Crippen LogP contribution is -2.21. The van der Waals surface area contributed by atoms with Crippen molar-refractivity contribution in [2.75, 3.05) is 20.6 Å². The van der Waals surface area contributed by atoms with E-state index < -0.39 is 0 Å². The quantitative estimate of drug-likeness (QED) is 0.780. The highest BCUT2D eigenvalue weighted by Crippen LogP contribution is 2.37. The monoisotopic (exact) mass is 265 g/mol. The van der Waals surface area contributed by atoms with Crippen LogP contribution in [0, 0.1) is 0 Å². The third kappa shape index (κ3) is 3.53. The second kappa shape index (κ2) is 6.14. The molecule has 0 spiro atoms. The highest BCUT2D eigenvalue weighted by atomic mass is 16.1. The Hall–Kier alpha value is -1.43. The van der Waals surface area contributed by atoms with E-state index in [1.807, 2.05) is 4.68 Å². The van der Waals surface area contributed by atoms with Crippen molar-refractivity contribution in [1.29, 1.82) is 0 Å². The number of hydrogen-bond donors (Lipinski definition) is 1. The molecule has 2 N–H and O–H groups in total. The molecule has 2 rings (SSSR count). The summed E-state index contributed by atoms with van der Waals surface area (Å²) in [6.45, 7) is 1.88. The predicted octanol–water partition coefficient (Wildman–Crippen LogP) is 0.525. The first-order valence-corrected chi connectivity index (χ1v) is 6.93. The Balaban J connectivity index is 2.08. The van der Waals surface area contributed by atoms with Crippen LogP contribution in [-0.2, 0) is 17.8 Å². The molecule has 1 aromatic heterocycles. The Kier molecular flexibility index (Phi) is 4.52. The molecule has 0 radical (unpaired) electrons. The molecule has 1 aliphatic rings. The van der Waals surface area contributed by atoms with E-state index in [9.17, 15) is 4.79 Å². The van der Waals surface area contributed by atoms with Gasteiger partial charge in [0.2, 0.25) is 5.91 Å². The van der Waals surface area contributed by atoms with E-state index in [4.69, 9.17) is 5.73 Å². The van der Waals surface area contributed by atoms with Gasteiger partial charge in [-0.3, -0.25) is 4.79 Å². The Morgan fingerprint density at radius 2 is 2.21 bits per heavy atom. The van der Waals surface area contributed by atoms with Crippen LogP contribution in [0.15, 0.2) is 0 Å². The summed E-state index contributed by atoms with van der Waals surface area (Å²) >= 11 is 0. The van der Waals surface area contributed by atoms with Crippen molar-refractivity contribution < 1.29 is 4.79 Å². The van der Waals surface area contributed by atoms with Gasteiger partial charge in [-0.25, -0.2) is 4.68 Å². The number of aryl methyl sites for hydroxylation is 1. The smallest absolute Gasteiger partial charge is 0.223 e. The minimum Gasteiger partial charge on any atom is -0.369 e. The fourth-order valence-corrected chi connectivity index (χ4v) is 2.48. The highest BCUT2D eigenvalue weighted by Gasteiger charge is 2.27. The van der Waals surface area contributed by atoms with Gasteiger partial charge in [-0.2, -0.15) is 0 Å². The van der Waals surface area contributed by atoms with Gasteiger partial charge in [0.25, 0.3) is 0 Å². The maximum atomic E-state index is 11.1. The topological polar surface area (TPSA) is 77.0 Å². The summed E-state index contributed by atoms with van der Waals surface area (Å²) in [5.41, 5.74) is 7.20. The van der Waals surface area contributed by atoms with Crippen molar-refractivity contribution in [1.82, 2.24) is 19.9 Å². The number of primary amides is 1. The van der Waals surface area contributed by atoms with Crippen LogP contribution < -0.4 is 5.73 Å². The first-order chi connectivity index (χ1) is 9.08. The SMILES string of the molecule is CN(C)CCCn1nnc(CC(N)=O)c1C1CCC1. The van der Waals surface area contributed by atoms with Gasteiger partial charge in [0.05, 0.1) is 17.8 Å². The van der Waals surface area contributed by atoms with Crippen LogP contribution >= 0.6 is 0 Å². The van der Waals surface area contributed by atoms with Gasteiger partial charge in [-0.1, -0.05) is 11.6 Å².